The maximum absolute atomic E-state index is 6.51. The van der Waals surface area contributed by atoms with E-state index in [0.29, 0.717) is 16.6 Å². The molecular formula is C24H28Cl2N4OS. The molecule has 1 aromatic carbocycles. The molecular weight excluding hydrogens is 463 g/mol. The summed E-state index contributed by atoms with van der Waals surface area (Å²) >= 11 is 14.6. The van der Waals surface area contributed by atoms with Gasteiger partial charge >= 0.3 is 0 Å². The SMILES string of the molecule is C[C@H]1CCc2c(sc3nc(CN4CCOCC4)nc(N(C)Cc4cccc(Cl)c4Cl)c23)C1. The number of hydrogen-bond acceptors (Lipinski definition) is 6. The Morgan fingerprint density at radius 1 is 1.22 bits per heavy atom. The molecule has 32 heavy (non-hydrogen) atoms. The second kappa shape index (κ2) is 9.43. The average Bonchev–Trinajstić information content (AvgIpc) is 3.14. The first kappa shape index (κ1) is 22.4. The van der Waals surface area contributed by atoms with Gasteiger partial charge in [0.15, 0.2) is 0 Å². The van der Waals surface area contributed by atoms with Gasteiger partial charge in [-0.15, -0.1) is 11.3 Å². The van der Waals surface area contributed by atoms with Crippen LogP contribution in [0.1, 0.15) is 35.2 Å². The summed E-state index contributed by atoms with van der Waals surface area (Å²) in [7, 11) is 2.09. The molecule has 0 unspecified atom stereocenters. The number of thiophene rings is 1. The van der Waals surface area contributed by atoms with Crippen molar-refractivity contribution in [2.24, 2.45) is 5.92 Å². The minimum atomic E-state index is 0.584. The van der Waals surface area contributed by atoms with Gasteiger partial charge in [0.25, 0.3) is 0 Å². The zero-order valence-electron chi connectivity index (χ0n) is 18.5. The second-order valence-corrected chi connectivity index (χ2v) is 10.8. The third-order valence-electron chi connectivity index (χ3n) is 6.45. The predicted molar refractivity (Wildman–Crippen MR) is 133 cm³/mol. The maximum atomic E-state index is 6.51. The van der Waals surface area contributed by atoms with Crippen molar-refractivity contribution >= 4 is 50.6 Å². The molecule has 170 valence electrons. The first-order valence-electron chi connectivity index (χ1n) is 11.2. The smallest absolute Gasteiger partial charge is 0.146 e. The number of anilines is 1. The molecule has 5 nitrogen and oxygen atoms in total. The highest BCUT2D eigenvalue weighted by atomic mass is 35.5. The number of rotatable bonds is 5. The third-order valence-corrected chi connectivity index (χ3v) is 8.46. The van der Waals surface area contributed by atoms with Crippen LogP contribution in [0.4, 0.5) is 5.82 Å². The van der Waals surface area contributed by atoms with Crippen molar-refractivity contribution in [3.05, 3.63) is 50.1 Å². The van der Waals surface area contributed by atoms with Crippen LogP contribution in [0.2, 0.25) is 10.0 Å². The van der Waals surface area contributed by atoms with Crippen molar-refractivity contribution in [3.8, 4) is 0 Å². The Morgan fingerprint density at radius 3 is 2.84 bits per heavy atom. The number of ether oxygens (including phenoxy) is 1. The predicted octanol–water partition coefficient (Wildman–Crippen LogP) is 5.59. The lowest BCUT2D eigenvalue weighted by Crippen LogP contribution is -2.36. The van der Waals surface area contributed by atoms with Crippen LogP contribution in [-0.4, -0.2) is 48.2 Å². The van der Waals surface area contributed by atoms with Crippen LogP contribution >= 0.6 is 34.5 Å². The number of halogens is 2. The van der Waals surface area contributed by atoms with Gasteiger partial charge in [-0.3, -0.25) is 4.90 Å². The van der Waals surface area contributed by atoms with E-state index in [1.807, 2.05) is 29.5 Å². The highest BCUT2D eigenvalue weighted by Crippen LogP contribution is 2.41. The van der Waals surface area contributed by atoms with Gasteiger partial charge in [0, 0.05) is 31.6 Å². The molecule has 0 N–H and O–H groups in total. The Hall–Kier alpha value is -1.44. The largest absolute Gasteiger partial charge is 0.379 e. The van der Waals surface area contributed by atoms with Crippen LogP contribution in [-0.2, 0) is 30.7 Å². The van der Waals surface area contributed by atoms with E-state index in [2.05, 4.69) is 23.8 Å². The van der Waals surface area contributed by atoms with E-state index in [-0.39, 0.29) is 0 Å². The molecule has 2 aliphatic rings. The molecule has 8 heteroatoms. The maximum Gasteiger partial charge on any atom is 0.146 e. The summed E-state index contributed by atoms with van der Waals surface area (Å²) in [5.41, 5.74) is 2.45. The van der Waals surface area contributed by atoms with E-state index >= 15 is 0 Å². The first-order valence-corrected chi connectivity index (χ1v) is 12.8. The van der Waals surface area contributed by atoms with Crippen molar-refractivity contribution in [1.29, 1.82) is 0 Å². The van der Waals surface area contributed by atoms with Crippen LogP contribution in [0.15, 0.2) is 18.2 Å². The monoisotopic (exact) mass is 490 g/mol. The van der Waals surface area contributed by atoms with E-state index in [9.17, 15) is 0 Å². The lowest BCUT2D eigenvalue weighted by Gasteiger charge is -2.27. The highest BCUT2D eigenvalue weighted by molar-refractivity contribution is 7.19. The molecule has 1 fully saturated rings. The number of morpholine rings is 1. The molecule has 1 saturated heterocycles. The fraction of sp³-hybridized carbons (Fsp3) is 0.500. The molecule has 1 aliphatic heterocycles. The Balaban J connectivity index is 1.55. The molecule has 0 radical (unpaired) electrons. The summed E-state index contributed by atoms with van der Waals surface area (Å²) in [6.07, 6.45) is 3.46. The van der Waals surface area contributed by atoms with E-state index in [1.165, 1.54) is 22.2 Å². The number of aryl methyl sites for hydroxylation is 1. The Labute approximate surface area is 203 Å². The summed E-state index contributed by atoms with van der Waals surface area (Å²) in [6.45, 7) is 7.12. The molecule has 1 aliphatic carbocycles. The van der Waals surface area contributed by atoms with Crippen LogP contribution in [0, 0.1) is 5.92 Å². The number of aromatic nitrogens is 2. The Bertz CT molecular complexity index is 1130. The Kier molecular flexibility index (Phi) is 6.59. The lowest BCUT2D eigenvalue weighted by molar-refractivity contribution is 0.0331. The van der Waals surface area contributed by atoms with Gasteiger partial charge < -0.3 is 9.64 Å². The lowest BCUT2D eigenvalue weighted by atomic mass is 9.89. The van der Waals surface area contributed by atoms with Crippen LogP contribution < -0.4 is 4.90 Å². The van der Waals surface area contributed by atoms with Crippen molar-refractivity contribution < 1.29 is 4.74 Å². The molecule has 3 aromatic rings. The third kappa shape index (κ3) is 4.48. The van der Waals surface area contributed by atoms with Gasteiger partial charge in [-0.05, 0) is 42.4 Å². The molecule has 0 amide bonds. The second-order valence-electron chi connectivity index (χ2n) is 8.95. The summed E-state index contributed by atoms with van der Waals surface area (Å²) in [5, 5.41) is 2.42. The molecule has 2 aromatic heterocycles. The first-order chi connectivity index (χ1) is 15.5. The van der Waals surface area contributed by atoms with E-state index < -0.39 is 0 Å². The fourth-order valence-electron chi connectivity index (χ4n) is 4.67. The average molecular weight is 491 g/mol. The minimum absolute atomic E-state index is 0.584. The Morgan fingerprint density at radius 2 is 2.03 bits per heavy atom. The van der Waals surface area contributed by atoms with Gasteiger partial charge in [0.1, 0.15) is 16.5 Å². The number of nitrogens with zero attached hydrogens (tertiary/aromatic N) is 4. The summed E-state index contributed by atoms with van der Waals surface area (Å²) in [6, 6.07) is 5.81. The van der Waals surface area contributed by atoms with Crippen LogP contribution in [0.25, 0.3) is 10.2 Å². The topological polar surface area (TPSA) is 41.5 Å². The van der Waals surface area contributed by atoms with Crippen molar-refractivity contribution in [2.75, 3.05) is 38.3 Å². The minimum Gasteiger partial charge on any atom is -0.379 e. The van der Waals surface area contributed by atoms with Gasteiger partial charge in [-0.1, -0.05) is 42.3 Å². The van der Waals surface area contributed by atoms with Crippen molar-refractivity contribution in [2.45, 2.75) is 39.3 Å². The zero-order chi connectivity index (χ0) is 22.2. The number of benzene rings is 1. The van der Waals surface area contributed by atoms with Gasteiger partial charge in [0.05, 0.1) is 35.2 Å². The summed E-state index contributed by atoms with van der Waals surface area (Å²) in [5.74, 6) is 2.61. The molecule has 0 saturated carbocycles. The zero-order valence-corrected chi connectivity index (χ0v) is 20.9. The van der Waals surface area contributed by atoms with Crippen LogP contribution in [0.5, 0.6) is 0 Å². The highest BCUT2D eigenvalue weighted by Gasteiger charge is 2.26. The van der Waals surface area contributed by atoms with Crippen LogP contribution in [0.3, 0.4) is 0 Å². The molecule has 3 heterocycles. The number of fused-ring (bicyclic) bond motifs is 3. The molecule has 5 rings (SSSR count). The van der Waals surface area contributed by atoms with E-state index in [4.69, 9.17) is 37.9 Å². The standard InChI is InChI=1S/C24H28Cl2N4OS/c1-15-6-7-17-19(12-15)32-24-21(17)23(27-20(28-24)14-30-8-10-31-11-9-30)29(2)13-16-4-3-5-18(25)22(16)26/h3-5,15H,6-14H2,1-2H3/t15-/m0/s1. The summed E-state index contributed by atoms with van der Waals surface area (Å²) in [4.78, 5) is 17.3. The molecule has 1 atom stereocenters. The molecule has 0 bridgehead atoms. The van der Waals surface area contributed by atoms with Crippen molar-refractivity contribution in [1.82, 2.24) is 14.9 Å². The molecule has 0 spiro atoms. The summed E-state index contributed by atoms with van der Waals surface area (Å²) < 4.78 is 5.51. The van der Waals surface area contributed by atoms with E-state index in [1.54, 1.807) is 0 Å². The van der Waals surface area contributed by atoms with Gasteiger partial charge in [-0.2, -0.15) is 0 Å². The van der Waals surface area contributed by atoms with E-state index in [0.717, 1.165) is 73.6 Å². The number of hydrogen-bond donors (Lipinski definition) is 0. The fourth-order valence-corrected chi connectivity index (χ4v) is 6.45. The van der Waals surface area contributed by atoms with Gasteiger partial charge in [0.2, 0.25) is 0 Å². The van der Waals surface area contributed by atoms with Crippen molar-refractivity contribution in [3.63, 3.8) is 0 Å². The normalized spacial score (nSPS) is 19.3. The quantitative estimate of drug-likeness (QED) is 0.465. The van der Waals surface area contributed by atoms with Gasteiger partial charge in [-0.25, -0.2) is 9.97 Å².